The minimum Gasteiger partial charge on any atom is -0.324 e. The van der Waals surface area contributed by atoms with Crippen LogP contribution in [0.5, 0.6) is 0 Å². The smallest absolute Gasteiger partial charge is 0.324 e. The first-order valence-corrected chi connectivity index (χ1v) is 8.91. The fourth-order valence-electron chi connectivity index (χ4n) is 2.43. The molecule has 0 saturated carbocycles. The number of nitro benzene ring substituents is 1. The molecule has 0 unspecified atom stereocenters. The predicted molar refractivity (Wildman–Crippen MR) is 96.9 cm³/mol. The van der Waals surface area contributed by atoms with Gasteiger partial charge >= 0.3 is 18.7 Å². The Hall–Kier alpha value is -2.04. The van der Waals surface area contributed by atoms with Crippen molar-refractivity contribution >= 4 is 36.7 Å². The quantitative estimate of drug-likeness (QED) is 0.199. The number of nitrogens with one attached hydrogen (secondary N) is 3. The highest BCUT2D eigenvalue weighted by Gasteiger charge is 2.28. The van der Waals surface area contributed by atoms with Crippen LogP contribution in [0, 0.1) is 10.1 Å². The van der Waals surface area contributed by atoms with E-state index in [0.717, 1.165) is 6.07 Å². The Labute approximate surface area is 152 Å². The maximum atomic E-state index is 11.5. The van der Waals surface area contributed by atoms with E-state index in [4.69, 9.17) is 9.79 Å². The number of aromatic nitrogens is 2. The van der Waals surface area contributed by atoms with Crippen molar-refractivity contribution in [3.8, 4) is 0 Å². The molecule has 0 aliphatic heterocycles. The van der Waals surface area contributed by atoms with Crippen LogP contribution >= 0.6 is 20.0 Å². The molecule has 11 nitrogen and oxygen atoms in total. The number of rotatable bonds is 6. The molecule has 26 heavy (non-hydrogen) atoms. The molecule has 13 heteroatoms. The molecule has 1 aromatic heterocycles. The van der Waals surface area contributed by atoms with E-state index in [1.165, 1.54) is 6.07 Å². The van der Waals surface area contributed by atoms with Crippen molar-refractivity contribution in [3.63, 3.8) is 0 Å². The van der Waals surface area contributed by atoms with Crippen molar-refractivity contribution in [1.29, 1.82) is 0 Å². The van der Waals surface area contributed by atoms with Gasteiger partial charge < -0.3 is 25.1 Å². The summed E-state index contributed by atoms with van der Waals surface area (Å²) in [4.78, 5) is 56.2. The number of hydrogen-bond acceptors (Lipinski definition) is 6. The van der Waals surface area contributed by atoms with Crippen LogP contribution in [0.25, 0.3) is 11.0 Å². The maximum absolute atomic E-state index is 11.5. The van der Waals surface area contributed by atoms with Crippen molar-refractivity contribution in [2.45, 2.75) is 25.9 Å². The van der Waals surface area contributed by atoms with Crippen LogP contribution in [-0.4, -0.2) is 36.4 Å². The lowest BCUT2D eigenvalue weighted by atomic mass is 10.1. The highest BCUT2D eigenvalue weighted by Crippen LogP contribution is 2.38. The van der Waals surface area contributed by atoms with E-state index in [-0.39, 0.29) is 35.7 Å². The summed E-state index contributed by atoms with van der Waals surface area (Å²) >= 11 is 0. The van der Waals surface area contributed by atoms with Gasteiger partial charge in [0.2, 0.25) is 0 Å². The van der Waals surface area contributed by atoms with E-state index < -0.39 is 35.3 Å². The molecule has 0 spiro atoms. The number of benzene rings is 1. The molecule has 2 rings (SSSR count). The van der Waals surface area contributed by atoms with Crippen LogP contribution < -0.4 is 16.4 Å². The number of halogens is 1. The van der Waals surface area contributed by atoms with Gasteiger partial charge in [0.25, 0.3) is 5.69 Å². The van der Waals surface area contributed by atoms with E-state index in [0.29, 0.717) is 5.56 Å². The average molecular weight is 409 g/mol. The topological polar surface area (TPSA) is 178 Å². The molecular formula is C13H18ClN4O7P. The van der Waals surface area contributed by atoms with Crippen LogP contribution in [0.2, 0.25) is 0 Å². The summed E-state index contributed by atoms with van der Waals surface area (Å²) in [6.07, 6.45) is -0.444. The number of nitro groups is 1. The van der Waals surface area contributed by atoms with Crippen LogP contribution in [0.4, 0.5) is 5.69 Å². The number of H-pyrrole nitrogens is 2. The van der Waals surface area contributed by atoms with Gasteiger partial charge in [0.1, 0.15) is 0 Å². The summed E-state index contributed by atoms with van der Waals surface area (Å²) < 4.78 is 11.2. The Balaban J connectivity index is 0.00000338. The normalized spacial score (nSPS) is 12.0. The van der Waals surface area contributed by atoms with Gasteiger partial charge in [0.05, 0.1) is 22.1 Å². The lowest BCUT2D eigenvalue weighted by Crippen LogP contribution is -2.42. The Morgan fingerprint density at radius 1 is 1.23 bits per heavy atom. The first-order chi connectivity index (χ1) is 11.4. The van der Waals surface area contributed by atoms with E-state index in [9.17, 15) is 24.3 Å². The summed E-state index contributed by atoms with van der Waals surface area (Å²) in [5, 5.41) is 14.0. The van der Waals surface area contributed by atoms with Gasteiger partial charge in [-0.05, 0) is 19.4 Å². The molecule has 0 radical (unpaired) electrons. The zero-order valence-electron chi connectivity index (χ0n) is 13.8. The molecule has 0 amide bonds. The lowest BCUT2D eigenvalue weighted by Gasteiger charge is -2.26. The van der Waals surface area contributed by atoms with Crippen LogP contribution in [0.1, 0.15) is 19.4 Å². The van der Waals surface area contributed by atoms with Crippen molar-refractivity contribution < 1.29 is 19.3 Å². The Kier molecular flexibility index (Phi) is 6.50. The maximum Gasteiger partial charge on any atom is 0.327 e. The zero-order chi connectivity index (χ0) is 19.0. The van der Waals surface area contributed by atoms with Crippen molar-refractivity contribution in [3.05, 3.63) is 48.5 Å². The summed E-state index contributed by atoms with van der Waals surface area (Å²) in [7, 11) is -4.27. The first kappa shape index (κ1) is 22.0. The van der Waals surface area contributed by atoms with Gasteiger partial charge in [-0.3, -0.25) is 24.3 Å². The highest BCUT2D eigenvalue weighted by atomic mass is 35.5. The summed E-state index contributed by atoms with van der Waals surface area (Å²) in [5.41, 5.74) is -2.52. The number of aromatic amines is 2. The molecule has 144 valence electrons. The van der Waals surface area contributed by atoms with Gasteiger partial charge in [0.15, 0.2) is 0 Å². The summed E-state index contributed by atoms with van der Waals surface area (Å²) in [6, 6.07) is 2.34. The number of hydrogen-bond donors (Lipinski definition) is 5. The third-order valence-electron chi connectivity index (χ3n) is 3.47. The molecule has 0 atom stereocenters. The van der Waals surface area contributed by atoms with Crippen molar-refractivity contribution in [1.82, 2.24) is 15.3 Å². The number of non-ortho nitro benzene ring substituents is 1. The van der Waals surface area contributed by atoms with Gasteiger partial charge in [-0.1, -0.05) is 0 Å². The second kappa shape index (κ2) is 7.68. The van der Waals surface area contributed by atoms with E-state index in [2.05, 4.69) is 15.3 Å². The third-order valence-corrected chi connectivity index (χ3v) is 4.67. The Morgan fingerprint density at radius 2 is 1.81 bits per heavy atom. The number of fused-ring (bicyclic) bond motifs is 1. The van der Waals surface area contributed by atoms with Crippen molar-refractivity contribution in [2.75, 3.05) is 6.16 Å². The minimum atomic E-state index is -4.27. The van der Waals surface area contributed by atoms with E-state index >= 15 is 0 Å². The second-order valence-electron chi connectivity index (χ2n) is 6.25. The second-order valence-corrected chi connectivity index (χ2v) is 7.90. The van der Waals surface area contributed by atoms with E-state index in [1.54, 1.807) is 13.8 Å². The predicted octanol–water partition coefficient (Wildman–Crippen LogP) is 0.592. The largest absolute Gasteiger partial charge is 0.327 e. The van der Waals surface area contributed by atoms with Gasteiger partial charge in [0, 0.05) is 24.2 Å². The first-order valence-electron chi connectivity index (χ1n) is 7.11. The van der Waals surface area contributed by atoms with Crippen LogP contribution in [-0.2, 0) is 11.1 Å². The fraction of sp³-hybridized carbons (Fsp3) is 0.385. The van der Waals surface area contributed by atoms with Crippen LogP contribution in [0.3, 0.4) is 0 Å². The SMILES string of the molecule is CC(C)(CP(=O)(O)O)NCc1cc([N+](=O)[O-])cc2[nH]c(=O)c(=O)[nH]c12.Cl. The highest BCUT2D eigenvalue weighted by molar-refractivity contribution is 7.51. The standard InChI is InChI=1S/C13H17N4O7P.ClH/c1-13(2,6-25(22,23)24)14-5-7-3-8(17(20)21)4-9-10(7)16-12(19)11(18)15-9;/h3-4,14H,5-6H2,1-2H3,(H,15,18)(H,16,19)(H2,22,23,24);1H. The van der Waals surface area contributed by atoms with Gasteiger partial charge in [-0.2, -0.15) is 0 Å². The van der Waals surface area contributed by atoms with E-state index in [1.807, 2.05) is 0 Å². The minimum absolute atomic E-state index is 0. The lowest BCUT2D eigenvalue weighted by molar-refractivity contribution is -0.384. The van der Waals surface area contributed by atoms with Gasteiger partial charge in [-0.15, -0.1) is 12.4 Å². The molecule has 0 aliphatic rings. The Morgan fingerprint density at radius 3 is 2.35 bits per heavy atom. The molecule has 0 aliphatic carbocycles. The molecule has 1 heterocycles. The Bertz CT molecular complexity index is 994. The molecule has 5 N–H and O–H groups in total. The molecule has 2 aromatic rings. The third kappa shape index (κ3) is 5.48. The average Bonchev–Trinajstić information content (AvgIpc) is 2.43. The number of nitrogens with zero attached hydrogens (tertiary/aromatic N) is 1. The molecule has 0 bridgehead atoms. The molecule has 0 saturated heterocycles. The fourth-order valence-corrected chi connectivity index (χ4v) is 3.57. The molecule has 1 aromatic carbocycles. The summed E-state index contributed by atoms with van der Waals surface area (Å²) in [5.74, 6) is 0. The van der Waals surface area contributed by atoms with Crippen molar-refractivity contribution in [2.24, 2.45) is 0 Å². The zero-order valence-corrected chi connectivity index (χ0v) is 15.5. The molecule has 0 fully saturated rings. The summed E-state index contributed by atoms with van der Waals surface area (Å²) in [6.45, 7) is 3.11. The van der Waals surface area contributed by atoms with Gasteiger partial charge in [-0.25, -0.2) is 0 Å². The molecular weight excluding hydrogens is 391 g/mol. The van der Waals surface area contributed by atoms with Crippen LogP contribution in [0.15, 0.2) is 21.7 Å². The monoisotopic (exact) mass is 408 g/mol.